The second-order valence-electron chi connectivity index (χ2n) is 8.42. The third-order valence-electron chi connectivity index (χ3n) is 4.92. The number of aromatic nitrogens is 2. The molecule has 1 unspecified atom stereocenters. The topological polar surface area (TPSA) is 25.8 Å². The van der Waals surface area contributed by atoms with E-state index in [1.165, 1.54) is 11.1 Å². The van der Waals surface area contributed by atoms with Crippen LogP contribution in [0.5, 0.6) is 0 Å². The minimum Gasteiger partial charge on any atom is -0.244 e. The van der Waals surface area contributed by atoms with Crippen LogP contribution >= 0.6 is 15.7 Å². The van der Waals surface area contributed by atoms with Gasteiger partial charge in [-0.1, -0.05) is 60.0 Å². The van der Waals surface area contributed by atoms with Crippen LogP contribution in [-0.4, -0.2) is 29.2 Å². The van der Waals surface area contributed by atoms with Crippen LogP contribution in [0.15, 0.2) is 12.1 Å². The molecule has 2 rings (SSSR count). The highest BCUT2D eigenvalue weighted by Gasteiger charge is 2.28. The summed E-state index contributed by atoms with van der Waals surface area (Å²) in [6.45, 7) is 15.7. The van der Waals surface area contributed by atoms with Crippen LogP contribution in [0.4, 0.5) is 0 Å². The van der Waals surface area contributed by atoms with Crippen LogP contribution in [0.3, 0.4) is 0 Å². The summed E-state index contributed by atoms with van der Waals surface area (Å²) in [7, 11) is 0.528. The molecule has 1 heterocycles. The van der Waals surface area contributed by atoms with Crippen molar-refractivity contribution in [1.82, 2.24) is 9.97 Å². The number of rotatable bonds is 5. The molecule has 1 aromatic heterocycles. The van der Waals surface area contributed by atoms with E-state index in [1.807, 2.05) is 0 Å². The van der Waals surface area contributed by atoms with Gasteiger partial charge in [-0.2, -0.15) is 0 Å². The largest absolute Gasteiger partial charge is 0.260 e. The quantitative estimate of drug-likeness (QED) is 0.632. The van der Waals surface area contributed by atoms with Crippen molar-refractivity contribution in [1.29, 1.82) is 0 Å². The molecular weight excluding hydrogens is 342 g/mol. The van der Waals surface area contributed by atoms with Crippen molar-refractivity contribution in [2.45, 2.75) is 65.0 Å². The molecule has 0 aliphatic heterocycles. The van der Waals surface area contributed by atoms with Crippen LogP contribution < -0.4 is 5.44 Å². The molecule has 2 aromatic rings. The summed E-state index contributed by atoms with van der Waals surface area (Å²) in [5, 5.41) is 0. The third kappa shape index (κ3) is 4.02. The van der Waals surface area contributed by atoms with E-state index in [0.717, 1.165) is 42.9 Å². The molecule has 0 spiro atoms. The highest BCUT2D eigenvalue weighted by molar-refractivity contribution is 7.62. The summed E-state index contributed by atoms with van der Waals surface area (Å²) in [4.78, 5) is 10.3. The fraction of sp³-hybridized carbons (Fsp3) is 0.524. The van der Waals surface area contributed by atoms with Crippen molar-refractivity contribution in [2.24, 2.45) is 0 Å². The zero-order valence-corrected chi connectivity index (χ0v) is 18.6. The highest BCUT2D eigenvalue weighted by atomic mass is 31.1. The maximum absolute atomic E-state index is 5.14. The maximum Gasteiger partial charge on any atom is 0.260 e. The molecular formula is C21H31N2P2+. The summed E-state index contributed by atoms with van der Waals surface area (Å²) >= 11 is 0. The minimum atomic E-state index is -0.547. The molecule has 25 heavy (non-hydrogen) atoms. The normalized spacial score (nSPS) is 13.5. The lowest BCUT2D eigenvalue weighted by Gasteiger charge is -2.28. The lowest BCUT2D eigenvalue weighted by Crippen LogP contribution is -2.22. The van der Waals surface area contributed by atoms with Gasteiger partial charge in [0.25, 0.3) is 5.44 Å². The molecule has 0 saturated carbocycles. The fourth-order valence-electron chi connectivity index (χ4n) is 3.02. The molecule has 134 valence electrons. The molecule has 0 saturated heterocycles. The first kappa shape index (κ1) is 20.2. The summed E-state index contributed by atoms with van der Waals surface area (Å²) in [6.07, 6.45) is 10.2. The number of nitrogens with zero attached hydrogens (tertiary/aromatic N) is 2. The van der Waals surface area contributed by atoms with E-state index in [-0.39, 0.29) is 10.8 Å². The first-order valence-corrected chi connectivity index (χ1v) is 12.1. The van der Waals surface area contributed by atoms with Crippen LogP contribution in [0.1, 0.15) is 64.8 Å². The monoisotopic (exact) mass is 373 g/mol. The van der Waals surface area contributed by atoms with E-state index in [0.29, 0.717) is 0 Å². The SMILES string of the molecule is C=PCc1nc2c(C(C)(C)CC)ccc(C(C)(C)C)c2nc1[P+](=C)C. The summed E-state index contributed by atoms with van der Waals surface area (Å²) in [6, 6.07) is 4.53. The Morgan fingerprint density at radius 3 is 2.08 bits per heavy atom. The second-order valence-corrected chi connectivity index (χ2v) is 11.0. The van der Waals surface area contributed by atoms with Gasteiger partial charge in [-0.15, -0.1) is 8.20 Å². The van der Waals surface area contributed by atoms with Gasteiger partial charge in [0, 0.05) is 6.16 Å². The van der Waals surface area contributed by atoms with Gasteiger partial charge in [-0.05, 0) is 28.4 Å². The van der Waals surface area contributed by atoms with Crippen LogP contribution in [0, 0.1) is 0 Å². The molecule has 1 atom stereocenters. The molecule has 0 aliphatic rings. The standard InChI is InChI=1S/C21H31N2P2/c1-10-21(5,6)15-12-11-14(20(2,3)4)17-18(15)22-16(13-24-7)19(23-17)25(8)9/h11-12H,7-8,10,13H2,1-6,9H3/q+1. The van der Waals surface area contributed by atoms with Crippen molar-refractivity contribution in [2.75, 3.05) is 6.66 Å². The van der Waals surface area contributed by atoms with E-state index in [1.54, 1.807) is 0 Å². The number of hydrogen-bond donors (Lipinski definition) is 0. The van der Waals surface area contributed by atoms with E-state index >= 15 is 0 Å². The summed E-state index contributed by atoms with van der Waals surface area (Å²) in [5.41, 5.74) is 6.95. The van der Waals surface area contributed by atoms with Crippen LogP contribution in [-0.2, 0) is 17.0 Å². The van der Waals surface area contributed by atoms with Crippen molar-refractivity contribution < 1.29 is 0 Å². The van der Waals surface area contributed by atoms with Crippen LogP contribution in [0.2, 0.25) is 0 Å². The highest BCUT2D eigenvalue weighted by Crippen LogP contribution is 2.37. The van der Waals surface area contributed by atoms with Gasteiger partial charge >= 0.3 is 0 Å². The Hall–Kier alpha value is -1.10. The molecule has 0 N–H and O–H groups in total. The van der Waals surface area contributed by atoms with E-state index in [4.69, 9.17) is 9.97 Å². The first-order valence-electron chi connectivity index (χ1n) is 8.84. The molecule has 0 amide bonds. The van der Waals surface area contributed by atoms with Crippen molar-refractivity contribution in [3.63, 3.8) is 0 Å². The van der Waals surface area contributed by atoms with Gasteiger partial charge in [0.05, 0.1) is 17.3 Å². The molecule has 4 heteroatoms. The van der Waals surface area contributed by atoms with E-state index in [2.05, 4.69) is 72.9 Å². The molecule has 0 bridgehead atoms. The predicted octanol–water partition coefficient (Wildman–Crippen LogP) is 5.66. The van der Waals surface area contributed by atoms with Crippen molar-refractivity contribution in [3.8, 4) is 0 Å². The van der Waals surface area contributed by atoms with Gasteiger partial charge in [-0.3, -0.25) is 0 Å². The molecule has 0 aliphatic carbocycles. The molecule has 0 radical (unpaired) electrons. The summed E-state index contributed by atoms with van der Waals surface area (Å²) < 4.78 is 0. The van der Waals surface area contributed by atoms with Gasteiger partial charge in [0.15, 0.2) is 0 Å². The predicted molar refractivity (Wildman–Crippen MR) is 119 cm³/mol. The smallest absolute Gasteiger partial charge is 0.244 e. The minimum absolute atomic E-state index is 0.0306. The Labute approximate surface area is 155 Å². The zero-order chi connectivity index (χ0) is 19.0. The Bertz CT molecular complexity index is 830. The summed E-state index contributed by atoms with van der Waals surface area (Å²) in [5.74, 6) is 0. The van der Waals surface area contributed by atoms with Gasteiger partial charge in [0.2, 0.25) is 0 Å². The van der Waals surface area contributed by atoms with Gasteiger partial charge in [-0.25, -0.2) is 9.97 Å². The number of fused-ring (bicyclic) bond motifs is 1. The van der Waals surface area contributed by atoms with E-state index < -0.39 is 7.55 Å². The lowest BCUT2D eigenvalue weighted by atomic mass is 9.78. The number of benzene rings is 1. The number of hydrogen-bond acceptors (Lipinski definition) is 2. The average Bonchev–Trinajstić information content (AvgIpc) is 2.52. The zero-order valence-electron chi connectivity index (χ0n) is 16.8. The fourth-order valence-corrected chi connectivity index (χ4v) is 4.42. The van der Waals surface area contributed by atoms with Crippen molar-refractivity contribution in [3.05, 3.63) is 29.0 Å². The Balaban J connectivity index is 2.99. The van der Waals surface area contributed by atoms with Crippen LogP contribution in [0.25, 0.3) is 11.0 Å². The van der Waals surface area contributed by atoms with Gasteiger partial charge in [0.1, 0.15) is 19.9 Å². The average molecular weight is 373 g/mol. The Morgan fingerprint density at radius 1 is 1.04 bits per heavy atom. The lowest BCUT2D eigenvalue weighted by molar-refractivity contribution is 0.508. The Kier molecular flexibility index (Phi) is 5.87. The maximum atomic E-state index is 5.14. The molecule has 2 nitrogen and oxygen atoms in total. The molecule has 0 fully saturated rings. The Morgan fingerprint density at radius 2 is 1.60 bits per heavy atom. The first-order chi connectivity index (χ1) is 11.5. The third-order valence-corrected chi connectivity index (χ3v) is 6.52. The van der Waals surface area contributed by atoms with E-state index in [9.17, 15) is 0 Å². The van der Waals surface area contributed by atoms with Crippen molar-refractivity contribution >= 4 is 44.8 Å². The molecule has 1 aromatic carbocycles. The second kappa shape index (κ2) is 7.26. The van der Waals surface area contributed by atoms with Gasteiger partial charge < -0.3 is 0 Å².